The van der Waals surface area contributed by atoms with Crippen molar-refractivity contribution in [3.8, 4) is 5.75 Å². The Balaban J connectivity index is 1.78. The number of carboxylic acids is 1. The van der Waals surface area contributed by atoms with E-state index < -0.39 is 5.97 Å². The van der Waals surface area contributed by atoms with E-state index in [1.807, 2.05) is 31.2 Å². The molecule has 5 nitrogen and oxygen atoms in total. The summed E-state index contributed by atoms with van der Waals surface area (Å²) < 4.78 is 7.35. The highest BCUT2D eigenvalue weighted by molar-refractivity contribution is 5.87. The summed E-state index contributed by atoms with van der Waals surface area (Å²) >= 11 is 0. The van der Waals surface area contributed by atoms with Crippen LogP contribution in [0.15, 0.2) is 48.8 Å². The van der Waals surface area contributed by atoms with E-state index in [4.69, 9.17) is 9.84 Å². The smallest absolute Gasteiger partial charge is 0.337 e. The predicted molar refractivity (Wildman–Crippen MR) is 77.7 cm³/mol. The van der Waals surface area contributed by atoms with Gasteiger partial charge in [-0.3, -0.25) is 0 Å². The fraction of sp³-hybridized carbons (Fsp3) is 0.125. The van der Waals surface area contributed by atoms with Crippen LogP contribution in [0.5, 0.6) is 5.75 Å². The van der Waals surface area contributed by atoms with Gasteiger partial charge in [-0.25, -0.2) is 9.78 Å². The molecule has 0 amide bonds. The molecule has 0 aliphatic heterocycles. The summed E-state index contributed by atoms with van der Waals surface area (Å²) in [6.45, 7) is 2.36. The Bertz CT molecular complexity index is 791. The van der Waals surface area contributed by atoms with Crippen molar-refractivity contribution in [2.24, 2.45) is 0 Å². The molecular weight excluding hydrogens is 268 g/mol. The molecule has 21 heavy (non-hydrogen) atoms. The van der Waals surface area contributed by atoms with Gasteiger partial charge in [0.2, 0.25) is 0 Å². The monoisotopic (exact) mass is 282 g/mol. The molecule has 0 aliphatic rings. The van der Waals surface area contributed by atoms with Gasteiger partial charge in [0.15, 0.2) is 0 Å². The minimum atomic E-state index is -0.956. The molecule has 1 N–H and O–H groups in total. The summed E-state index contributed by atoms with van der Waals surface area (Å²) in [6, 6.07) is 11.0. The lowest BCUT2D eigenvalue weighted by atomic mass is 10.2. The molecule has 2 aromatic heterocycles. The van der Waals surface area contributed by atoms with Crippen LogP contribution in [0.25, 0.3) is 5.65 Å². The van der Waals surface area contributed by atoms with E-state index >= 15 is 0 Å². The van der Waals surface area contributed by atoms with Gasteiger partial charge < -0.3 is 14.2 Å². The number of rotatable bonds is 4. The first-order valence-corrected chi connectivity index (χ1v) is 6.52. The van der Waals surface area contributed by atoms with E-state index in [0.717, 1.165) is 11.4 Å². The minimum absolute atomic E-state index is 0.228. The van der Waals surface area contributed by atoms with Crippen LogP contribution in [0.2, 0.25) is 0 Å². The Morgan fingerprint density at radius 2 is 1.95 bits per heavy atom. The number of aromatic nitrogens is 2. The van der Waals surface area contributed by atoms with Crippen LogP contribution in [0.1, 0.15) is 21.6 Å². The summed E-state index contributed by atoms with van der Waals surface area (Å²) in [5.41, 5.74) is 2.85. The summed E-state index contributed by atoms with van der Waals surface area (Å²) in [7, 11) is 0. The van der Waals surface area contributed by atoms with Crippen LogP contribution >= 0.6 is 0 Å². The largest absolute Gasteiger partial charge is 0.487 e. The molecule has 3 rings (SSSR count). The van der Waals surface area contributed by atoms with Gasteiger partial charge in [-0.15, -0.1) is 0 Å². The van der Waals surface area contributed by atoms with Crippen molar-refractivity contribution in [1.82, 2.24) is 9.38 Å². The van der Waals surface area contributed by atoms with Gasteiger partial charge in [0.1, 0.15) is 18.0 Å². The van der Waals surface area contributed by atoms with E-state index in [0.29, 0.717) is 12.3 Å². The number of hydrogen-bond donors (Lipinski definition) is 1. The van der Waals surface area contributed by atoms with Gasteiger partial charge in [-0.1, -0.05) is 17.7 Å². The first-order chi connectivity index (χ1) is 10.1. The number of hydrogen-bond acceptors (Lipinski definition) is 3. The summed E-state index contributed by atoms with van der Waals surface area (Å²) in [4.78, 5) is 15.3. The number of carbonyl (C=O) groups is 1. The molecule has 1 aromatic carbocycles. The molecule has 0 aliphatic carbocycles. The summed E-state index contributed by atoms with van der Waals surface area (Å²) in [5, 5.41) is 8.97. The Kier molecular flexibility index (Phi) is 3.31. The SMILES string of the molecule is Cc1ccc(OCc2cn3cc(C(=O)O)ccc3n2)cc1. The lowest BCUT2D eigenvalue weighted by molar-refractivity contribution is 0.0696. The minimum Gasteiger partial charge on any atom is -0.487 e. The third-order valence-electron chi connectivity index (χ3n) is 3.16. The van der Waals surface area contributed by atoms with E-state index in [9.17, 15) is 4.79 Å². The molecule has 5 heteroatoms. The van der Waals surface area contributed by atoms with E-state index in [2.05, 4.69) is 4.98 Å². The second-order valence-electron chi connectivity index (χ2n) is 4.82. The first-order valence-electron chi connectivity index (χ1n) is 6.52. The maximum atomic E-state index is 10.9. The lowest BCUT2D eigenvalue weighted by Crippen LogP contribution is -1.97. The Hall–Kier alpha value is -2.82. The number of ether oxygens (including phenoxy) is 1. The maximum absolute atomic E-state index is 10.9. The zero-order valence-corrected chi connectivity index (χ0v) is 11.5. The van der Waals surface area contributed by atoms with Gasteiger partial charge in [0, 0.05) is 12.4 Å². The molecule has 0 bridgehead atoms. The highest BCUT2D eigenvalue weighted by Crippen LogP contribution is 2.14. The Morgan fingerprint density at radius 3 is 2.67 bits per heavy atom. The van der Waals surface area contributed by atoms with E-state index in [1.165, 1.54) is 11.6 Å². The van der Waals surface area contributed by atoms with E-state index in [-0.39, 0.29) is 5.56 Å². The molecular formula is C16H14N2O3. The number of fused-ring (bicyclic) bond motifs is 1. The number of carboxylic acid groups (broad SMARTS) is 1. The molecule has 2 heterocycles. The maximum Gasteiger partial charge on any atom is 0.337 e. The predicted octanol–water partition coefficient (Wildman–Crippen LogP) is 2.92. The van der Waals surface area contributed by atoms with Crippen molar-refractivity contribution in [3.63, 3.8) is 0 Å². The van der Waals surface area contributed by atoms with Gasteiger partial charge in [0.05, 0.1) is 11.3 Å². The van der Waals surface area contributed by atoms with Crippen LogP contribution in [-0.2, 0) is 6.61 Å². The fourth-order valence-corrected chi connectivity index (χ4v) is 2.03. The van der Waals surface area contributed by atoms with Crippen LogP contribution in [0, 0.1) is 6.92 Å². The van der Waals surface area contributed by atoms with Crippen molar-refractivity contribution in [3.05, 3.63) is 65.6 Å². The van der Waals surface area contributed by atoms with Gasteiger partial charge in [0.25, 0.3) is 0 Å². The number of imidazole rings is 1. The average molecular weight is 282 g/mol. The molecule has 0 saturated heterocycles. The number of benzene rings is 1. The molecule has 0 saturated carbocycles. The normalized spacial score (nSPS) is 10.7. The van der Waals surface area contributed by atoms with E-state index in [1.54, 1.807) is 22.9 Å². The number of aryl methyl sites for hydroxylation is 1. The van der Waals surface area contributed by atoms with Crippen LogP contribution in [0.3, 0.4) is 0 Å². The number of pyridine rings is 1. The van der Waals surface area contributed by atoms with Crippen LogP contribution < -0.4 is 4.74 Å². The quantitative estimate of drug-likeness (QED) is 0.799. The first kappa shape index (κ1) is 13.2. The molecule has 0 atom stereocenters. The Morgan fingerprint density at radius 1 is 1.19 bits per heavy atom. The highest BCUT2D eigenvalue weighted by atomic mass is 16.5. The second kappa shape index (κ2) is 5.28. The highest BCUT2D eigenvalue weighted by Gasteiger charge is 2.07. The Labute approximate surface area is 121 Å². The second-order valence-corrected chi connectivity index (χ2v) is 4.82. The third kappa shape index (κ3) is 2.86. The number of nitrogens with zero attached hydrogens (tertiary/aromatic N) is 2. The average Bonchev–Trinajstić information content (AvgIpc) is 2.88. The third-order valence-corrected chi connectivity index (χ3v) is 3.16. The summed E-state index contributed by atoms with van der Waals surface area (Å²) in [6.07, 6.45) is 3.32. The molecule has 106 valence electrons. The molecule has 0 fully saturated rings. The lowest BCUT2D eigenvalue weighted by Gasteiger charge is -2.03. The van der Waals surface area contributed by atoms with Gasteiger partial charge >= 0.3 is 5.97 Å². The van der Waals surface area contributed by atoms with Gasteiger partial charge in [-0.2, -0.15) is 0 Å². The molecule has 0 radical (unpaired) electrons. The van der Waals surface area contributed by atoms with Gasteiger partial charge in [-0.05, 0) is 31.2 Å². The van der Waals surface area contributed by atoms with Crippen molar-refractivity contribution >= 4 is 11.6 Å². The fourth-order valence-electron chi connectivity index (χ4n) is 2.03. The van der Waals surface area contributed by atoms with Crippen LogP contribution in [-0.4, -0.2) is 20.5 Å². The summed E-state index contributed by atoms with van der Waals surface area (Å²) in [5.74, 6) is -0.174. The van der Waals surface area contributed by atoms with Crippen molar-refractivity contribution in [2.75, 3.05) is 0 Å². The molecule has 0 unspecified atom stereocenters. The number of aromatic carboxylic acids is 1. The zero-order valence-electron chi connectivity index (χ0n) is 11.5. The zero-order chi connectivity index (χ0) is 14.8. The van der Waals surface area contributed by atoms with Crippen molar-refractivity contribution in [2.45, 2.75) is 13.5 Å². The molecule has 0 spiro atoms. The standard InChI is InChI=1S/C16H14N2O3/c1-11-2-5-14(6-3-11)21-10-13-9-18-8-12(16(19)20)4-7-15(18)17-13/h2-9H,10H2,1H3,(H,19,20). The topological polar surface area (TPSA) is 63.8 Å². The van der Waals surface area contributed by atoms with Crippen molar-refractivity contribution in [1.29, 1.82) is 0 Å². The van der Waals surface area contributed by atoms with Crippen molar-refractivity contribution < 1.29 is 14.6 Å². The van der Waals surface area contributed by atoms with Crippen LogP contribution in [0.4, 0.5) is 0 Å². The molecule has 3 aromatic rings.